The summed E-state index contributed by atoms with van der Waals surface area (Å²) in [5.41, 5.74) is 1.50. The third-order valence-electron chi connectivity index (χ3n) is 2.89. The fraction of sp³-hybridized carbons (Fsp3) is 0.429. The van der Waals surface area contributed by atoms with E-state index in [1.807, 2.05) is 0 Å². The molecule has 2 N–H and O–H groups in total. The van der Waals surface area contributed by atoms with Gasteiger partial charge in [-0.2, -0.15) is 0 Å². The second kappa shape index (κ2) is 7.39. The number of esters is 2. The van der Waals surface area contributed by atoms with Crippen LogP contribution in [-0.2, 0) is 31.9 Å². The Kier molecular flexibility index (Phi) is 5.29. The molecule has 0 saturated heterocycles. The minimum Gasteiger partial charge on any atom is -0.454 e. The highest BCUT2D eigenvalue weighted by Gasteiger charge is 2.23. The van der Waals surface area contributed by atoms with Crippen molar-refractivity contribution in [1.82, 2.24) is 19.9 Å². The van der Waals surface area contributed by atoms with Crippen molar-refractivity contribution in [3.63, 3.8) is 0 Å². The zero-order valence-corrected chi connectivity index (χ0v) is 12.4. The van der Waals surface area contributed by atoms with Gasteiger partial charge in [-0.3, -0.25) is 0 Å². The van der Waals surface area contributed by atoms with Gasteiger partial charge in [0.2, 0.25) is 0 Å². The molecule has 0 amide bonds. The lowest BCUT2D eigenvalue weighted by Crippen LogP contribution is -2.29. The summed E-state index contributed by atoms with van der Waals surface area (Å²) in [4.78, 5) is 37.0. The molecule has 8 heteroatoms. The van der Waals surface area contributed by atoms with Crippen LogP contribution in [0.1, 0.15) is 25.2 Å². The maximum Gasteiger partial charge on any atom is 0.417 e. The van der Waals surface area contributed by atoms with E-state index < -0.39 is 24.1 Å². The first-order valence-corrected chi connectivity index (χ1v) is 6.91. The summed E-state index contributed by atoms with van der Waals surface area (Å²) in [6.45, 7) is 3.38. The molecule has 118 valence electrons. The monoisotopic (exact) mass is 306 g/mol. The molecule has 2 atom stereocenters. The number of H-pyrrole nitrogens is 2. The van der Waals surface area contributed by atoms with Gasteiger partial charge in [-0.05, 0) is 13.8 Å². The summed E-state index contributed by atoms with van der Waals surface area (Å²) in [7, 11) is 0. The zero-order chi connectivity index (χ0) is 15.9. The molecule has 2 heterocycles. The van der Waals surface area contributed by atoms with Crippen molar-refractivity contribution < 1.29 is 19.1 Å². The number of nitrogens with one attached hydrogen (secondary N) is 2. The van der Waals surface area contributed by atoms with Crippen LogP contribution in [0.5, 0.6) is 0 Å². The molecule has 0 aliphatic carbocycles. The number of ether oxygens (including phenoxy) is 2. The van der Waals surface area contributed by atoms with E-state index in [0.29, 0.717) is 12.8 Å². The first-order chi connectivity index (χ1) is 10.5. The lowest BCUT2D eigenvalue weighted by atomic mass is 10.2. The highest BCUT2D eigenvalue weighted by Crippen LogP contribution is 2.05. The molecule has 0 saturated carbocycles. The van der Waals surface area contributed by atoms with Gasteiger partial charge < -0.3 is 19.4 Å². The molecule has 2 aromatic rings. The average molecular weight is 306 g/mol. The zero-order valence-electron chi connectivity index (χ0n) is 12.4. The number of hydrogen-bond acceptors (Lipinski definition) is 6. The van der Waals surface area contributed by atoms with Crippen molar-refractivity contribution in [3.05, 3.63) is 36.4 Å². The van der Waals surface area contributed by atoms with Crippen LogP contribution in [0.3, 0.4) is 0 Å². The van der Waals surface area contributed by atoms with Gasteiger partial charge in [0.15, 0.2) is 0 Å². The van der Waals surface area contributed by atoms with Crippen molar-refractivity contribution in [2.75, 3.05) is 0 Å². The number of hydrogen-bond donors (Lipinski definition) is 2. The van der Waals surface area contributed by atoms with Gasteiger partial charge in [-0.25, -0.2) is 19.6 Å². The van der Waals surface area contributed by atoms with Gasteiger partial charge in [0.05, 0.1) is 24.0 Å². The lowest BCUT2D eigenvalue weighted by molar-refractivity contribution is -0.173. The molecule has 8 nitrogen and oxygen atoms in total. The molecule has 2 unspecified atom stereocenters. The molecule has 0 aromatic carbocycles. The number of aromatic amines is 2. The summed E-state index contributed by atoms with van der Waals surface area (Å²) >= 11 is 0. The van der Waals surface area contributed by atoms with E-state index in [1.54, 1.807) is 26.2 Å². The normalized spacial score (nSPS) is 13.4. The van der Waals surface area contributed by atoms with Crippen molar-refractivity contribution in [3.8, 4) is 0 Å². The molecule has 0 fully saturated rings. The van der Waals surface area contributed by atoms with E-state index in [9.17, 15) is 9.59 Å². The Bertz CT molecular complexity index is 540. The van der Waals surface area contributed by atoms with E-state index in [2.05, 4.69) is 19.9 Å². The molecule has 0 spiro atoms. The molecule has 0 aliphatic heterocycles. The highest BCUT2D eigenvalue weighted by atomic mass is 16.6. The summed E-state index contributed by atoms with van der Waals surface area (Å²) in [6.07, 6.45) is 6.39. The van der Waals surface area contributed by atoms with Gasteiger partial charge in [0, 0.05) is 25.2 Å². The molecule has 2 aromatic heterocycles. The summed E-state index contributed by atoms with van der Waals surface area (Å²) in [6, 6.07) is 0. The van der Waals surface area contributed by atoms with Gasteiger partial charge in [0.1, 0.15) is 12.2 Å². The van der Waals surface area contributed by atoms with E-state index in [-0.39, 0.29) is 0 Å². The number of nitrogens with zero attached hydrogens (tertiary/aromatic N) is 2. The third kappa shape index (κ3) is 4.72. The number of carbonyl (C=O) groups is 2. The Morgan fingerprint density at radius 2 is 1.36 bits per heavy atom. The average Bonchev–Trinajstić information content (AvgIpc) is 3.11. The van der Waals surface area contributed by atoms with Gasteiger partial charge >= 0.3 is 11.9 Å². The van der Waals surface area contributed by atoms with Crippen LogP contribution in [0.25, 0.3) is 0 Å². The van der Waals surface area contributed by atoms with Crippen LogP contribution in [0, 0.1) is 0 Å². The van der Waals surface area contributed by atoms with Crippen LogP contribution < -0.4 is 0 Å². The highest BCUT2D eigenvalue weighted by molar-refractivity contribution is 6.29. The van der Waals surface area contributed by atoms with Gasteiger partial charge in [0.25, 0.3) is 0 Å². The van der Waals surface area contributed by atoms with E-state index in [0.717, 1.165) is 11.4 Å². The summed E-state index contributed by atoms with van der Waals surface area (Å²) < 4.78 is 10.1. The van der Waals surface area contributed by atoms with Crippen LogP contribution in [-0.4, -0.2) is 44.1 Å². The smallest absolute Gasteiger partial charge is 0.417 e. The van der Waals surface area contributed by atoms with Crippen LogP contribution >= 0.6 is 0 Å². The minimum absolute atomic E-state index is 0.422. The predicted molar refractivity (Wildman–Crippen MR) is 75.7 cm³/mol. The Hall–Kier alpha value is -2.64. The first kappa shape index (κ1) is 15.7. The molecule has 0 bridgehead atoms. The van der Waals surface area contributed by atoms with Gasteiger partial charge in [-0.15, -0.1) is 0 Å². The first-order valence-electron chi connectivity index (χ1n) is 6.91. The van der Waals surface area contributed by atoms with E-state index >= 15 is 0 Å². The lowest BCUT2D eigenvalue weighted by Gasteiger charge is -2.14. The Morgan fingerprint density at radius 1 is 0.955 bits per heavy atom. The molecule has 0 aliphatic rings. The summed E-state index contributed by atoms with van der Waals surface area (Å²) in [5.74, 6) is -2.01. The van der Waals surface area contributed by atoms with Crippen molar-refractivity contribution in [1.29, 1.82) is 0 Å². The molecule has 0 radical (unpaired) electrons. The molecular formula is C14H18N4O4. The van der Waals surface area contributed by atoms with Crippen molar-refractivity contribution in [2.45, 2.75) is 38.9 Å². The molecule has 2 rings (SSSR count). The SMILES string of the molecule is CC(Cc1c[nH]cn1)OC(=O)C(=O)OC(C)Cc1c[nH]cn1. The second-order valence-electron chi connectivity index (χ2n) is 4.96. The number of carbonyl (C=O) groups excluding carboxylic acids is 2. The largest absolute Gasteiger partial charge is 0.454 e. The molecular weight excluding hydrogens is 288 g/mol. The van der Waals surface area contributed by atoms with E-state index in [4.69, 9.17) is 9.47 Å². The number of rotatable bonds is 6. The van der Waals surface area contributed by atoms with Crippen molar-refractivity contribution in [2.24, 2.45) is 0 Å². The standard InChI is InChI=1S/C14H18N4O4/c1-9(3-11-5-15-7-17-11)21-13(19)14(20)22-10(2)4-12-6-16-8-18-12/h5-10H,3-4H2,1-2H3,(H,15,17)(H,16,18). The van der Waals surface area contributed by atoms with Crippen LogP contribution in [0.4, 0.5) is 0 Å². The second-order valence-corrected chi connectivity index (χ2v) is 4.96. The molecule has 22 heavy (non-hydrogen) atoms. The maximum atomic E-state index is 11.7. The maximum absolute atomic E-state index is 11.7. The topological polar surface area (TPSA) is 110 Å². The Morgan fingerprint density at radius 3 is 1.68 bits per heavy atom. The Labute approximate surface area is 127 Å². The van der Waals surface area contributed by atoms with Crippen LogP contribution in [0.15, 0.2) is 25.0 Å². The predicted octanol–water partition coefficient (Wildman–Crippen LogP) is 0.781. The van der Waals surface area contributed by atoms with Crippen molar-refractivity contribution >= 4 is 11.9 Å². The minimum atomic E-state index is -1.00. The number of imidazole rings is 2. The van der Waals surface area contributed by atoms with Gasteiger partial charge in [-0.1, -0.05) is 0 Å². The summed E-state index contributed by atoms with van der Waals surface area (Å²) in [5, 5.41) is 0. The van der Waals surface area contributed by atoms with Crippen LogP contribution in [0.2, 0.25) is 0 Å². The fourth-order valence-corrected chi connectivity index (χ4v) is 1.94. The third-order valence-corrected chi connectivity index (χ3v) is 2.89. The fourth-order valence-electron chi connectivity index (χ4n) is 1.94. The van der Waals surface area contributed by atoms with E-state index in [1.165, 1.54) is 12.7 Å². The number of aromatic nitrogens is 4. The quantitative estimate of drug-likeness (QED) is 0.603. The Balaban J connectivity index is 1.75.